The van der Waals surface area contributed by atoms with Gasteiger partial charge in [0, 0.05) is 5.69 Å². The molecule has 5 N–H and O–H groups in total. The summed E-state index contributed by atoms with van der Waals surface area (Å²) in [4.78, 5) is 19.1. The van der Waals surface area contributed by atoms with Gasteiger partial charge in [0.05, 0.1) is 16.3 Å². The van der Waals surface area contributed by atoms with Gasteiger partial charge in [0.25, 0.3) is 5.91 Å². The Labute approximate surface area is 126 Å². The van der Waals surface area contributed by atoms with Gasteiger partial charge in [0.1, 0.15) is 11.3 Å². The number of H-pyrrole nitrogens is 1. The standard InChI is InChI=1S/C15H14N4OS/c16-9-6-4-8(5-7-9)13(21)15-18-11-3-1-2-10(14(17)20)12(11)19-15/h1-7,13,21H,16H2,(H2,17,20)(H,18,19). The van der Waals surface area contributed by atoms with Crippen LogP contribution in [-0.2, 0) is 0 Å². The number of fused-ring (bicyclic) bond motifs is 1. The number of carbonyl (C=O) groups excluding carboxylic acids is 1. The van der Waals surface area contributed by atoms with E-state index in [4.69, 9.17) is 11.5 Å². The topological polar surface area (TPSA) is 97.8 Å². The molecule has 1 heterocycles. The van der Waals surface area contributed by atoms with E-state index in [1.165, 1.54) is 0 Å². The van der Waals surface area contributed by atoms with Crippen LogP contribution in [0.15, 0.2) is 42.5 Å². The molecule has 0 spiro atoms. The van der Waals surface area contributed by atoms with Gasteiger partial charge in [-0.15, -0.1) is 0 Å². The molecule has 2 aromatic carbocycles. The molecular formula is C15H14N4OS. The number of rotatable bonds is 3. The zero-order chi connectivity index (χ0) is 15.0. The Balaban J connectivity index is 2.06. The lowest BCUT2D eigenvalue weighted by Gasteiger charge is -2.08. The number of thiol groups is 1. The molecule has 5 nitrogen and oxygen atoms in total. The van der Waals surface area contributed by atoms with Crippen LogP contribution in [0, 0.1) is 0 Å². The minimum absolute atomic E-state index is 0.237. The van der Waals surface area contributed by atoms with Crippen LogP contribution < -0.4 is 11.5 Å². The van der Waals surface area contributed by atoms with Crippen LogP contribution in [0.2, 0.25) is 0 Å². The summed E-state index contributed by atoms with van der Waals surface area (Å²) in [5.41, 5.74) is 14.4. The minimum atomic E-state index is -0.498. The van der Waals surface area contributed by atoms with Crippen LogP contribution in [0.25, 0.3) is 11.0 Å². The molecule has 0 radical (unpaired) electrons. The largest absolute Gasteiger partial charge is 0.399 e. The van der Waals surface area contributed by atoms with Crippen LogP contribution in [-0.4, -0.2) is 15.9 Å². The second-order valence-electron chi connectivity index (χ2n) is 4.76. The normalized spacial score (nSPS) is 12.4. The van der Waals surface area contributed by atoms with Crippen molar-refractivity contribution in [3.8, 4) is 0 Å². The van der Waals surface area contributed by atoms with E-state index >= 15 is 0 Å². The van der Waals surface area contributed by atoms with Crippen molar-refractivity contribution in [3.63, 3.8) is 0 Å². The lowest BCUT2D eigenvalue weighted by Crippen LogP contribution is -2.11. The lowest BCUT2D eigenvalue weighted by atomic mass is 10.1. The van der Waals surface area contributed by atoms with E-state index in [0.717, 1.165) is 11.1 Å². The number of carbonyl (C=O) groups is 1. The number of amides is 1. The summed E-state index contributed by atoms with van der Waals surface area (Å²) in [6, 6.07) is 12.7. The van der Waals surface area contributed by atoms with E-state index in [9.17, 15) is 4.79 Å². The van der Waals surface area contributed by atoms with Crippen LogP contribution >= 0.6 is 12.6 Å². The van der Waals surface area contributed by atoms with Gasteiger partial charge in [0.15, 0.2) is 0 Å². The fourth-order valence-electron chi connectivity index (χ4n) is 2.22. The number of primary amides is 1. The third-order valence-corrected chi connectivity index (χ3v) is 3.85. The van der Waals surface area contributed by atoms with Crippen molar-refractivity contribution in [2.45, 2.75) is 5.25 Å². The molecule has 1 aromatic heterocycles. The maximum Gasteiger partial charge on any atom is 0.250 e. The van der Waals surface area contributed by atoms with Crippen molar-refractivity contribution >= 4 is 35.3 Å². The molecule has 106 valence electrons. The first-order chi connectivity index (χ1) is 10.1. The van der Waals surface area contributed by atoms with E-state index in [1.807, 2.05) is 30.3 Å². The predicted octanol–water partition coefficient (Wildman–Crippen LogP) is 2.26. The number of benzene rings is 2. The molecule has 6 heteroatoms. The monoisotopic (exact) mass is 298 g/mol. The molecule has 3 rings (SSSR count). The van der Waals surface area contributed by atoms with Crippen molar-refractivity contribution in [2.75, 3.05) is 5.73 Å². The maximum atomic E-state index is 11.4. The number of anilines is 1. The molecule has 0 fully saturated rings. The molecule has 21 heavy (non-hydrogen) atoms. The Kier molecular flexibility index (Phi) is 3.31. The summed E-state index contributed by atoms with van der Waals surface area (Å²) in [5.74, 6) is 0.161. The zero-order valence-corrected chi connectivity index (χ0v) is 12.0. The summed E-state index contributed by atoms with van der Waals surface area (Å²) in [6.45, 7) is 0. The fourth-order valence-corrected chi connectivity index (χ4v) is 2.51. The maximum absolute atomic E-state index is 11.4. The molecule has 3 aromatic rings. The lowest BCUT2D eigenvalue weighted by molar-refractivity contribution is 0.100. The van der Waals surface area contributed by atoms with Gasteiger partial charge < -0.3 is 16.5 Å². The van der Waals surface area contributed by atoms with E-state index in [1.54, 1.807) is 12.1 Å². The van der Waals surface area contributed by atoms with Gasteiger partial charge >= 0.3 is 0 Å². The van der Waals surface area contributed by atoms with Crippen LogP contribution in [0.5, 0.6) is 0 Å². The van der Waals surface area contributed by atoms with Crippen molar-refractivity contribution in [1.29, 1.82) is 0 Å². The Morgan fingerprint density at radius 3 is 2.57 bits per heavy atom. The molecule has 0 aliphatic heterocycles. The Morgan fingerprint density at radius 1 is 1.19 bits per heavy atom. The van der Waals surface area contributed by atoms with E-state index in [-0.39, 0.29) is 5.25 Å². The first-order valence-electron chi connectivity index (χ1n) is 6.38. The number of nitrogens with two attached hydrogens (primary N) is 2. The summed E-state index contributed by atoms with van der Waals surface area (Å²) >= 11 is 4.59. The molecule has 0 aliphatic carbocycles. The highest BCUT2D eigenvalue weighted by molar-refractivity contribution is 7.80. The van der Waals surface area contributed by atoms with Gasteiger partial charge in [-0.1, -0.05) is 18.2 Å². The van der Waals surface area contributed by atoms with Crippen LogP contribution in [0.4, 0.5) is 5.69 Å². The molecular weight excluding hydrogens is 284 g/mol. The summed E-state index contributed by atoms with van der Waals surface area (Å²) in [5, 5.41) is -0.237. The van der Waals surface area contributed by atoms with Gasteiger partial charge in [-0.05, 0) is 29.8 Å². The number of nitrogens with one attached hydrogen (secondary N) is 1. The van der Waals surface area contributed by atoms with E-state index < -0.39 is 5.91 Å². The minimum Gasteiger partial charge on any atom is -0.399 e. The summed E-state index contributed by atoms with van der Waals surface area (Å²) in [6.07, 6.45) is 0. The Bertz CT molecular complexity index is 810. The zero-order valence-electron chi connectivity index (χ0n) is 11.1. The fraction of sp³-hybridized carbons (Fsp3) is 0.0667. The van der Waals surface area contributed by atoms with Crippen molar-refractivity contribution < 1.29 is 4.79 Å². The number of imidazole rings is 1. The molecule has 1 atom stereocenters. The van der Waals surface area contributed by atoms with Crippen LogP contribution in [0.1, 0.15) is 27.0 Å². The second-order valence-corrected chi connectivity index (χ2v) is 5.27. The number of nitrogen functional groups attached to an aromatic ring is 1. The number of para-hydroxylation sites is 1. The molecule has 1 amide bonds. The quantitative estimate of drug-likeness (QED) is 0.441. The van der Waals surface area contributed by atoms with E-state index in [2.05, 4.69) is 22.6 Å². The van der Waals surface area contributed by atoms with Gasteiger partial charge in [0.2, 0.25) is 0 Å². The average Bonchev–Trinajstić information content (AvgIpc) is 2.90. The highest BCUT2D eigenvalue weighted by atomic mass is 32.1. The first kappa shape index (κ1) is 13.5. The van der Waals surface area contributed by atoms with E-state index in [0.29, 0.717) is 22.6 Å². The van der Waals surface area contributed by atoms with Gasteiger partial charge in [-0.2, -0.15) is 12.6 Å². The van der Waals surface area contributed by atoms with Crippen molar-refractivity contribution in [2.24, 2.45) is 5.73 Å². The summed E-state index contributed by atoms with van der Waals surface area (Å²) in [7, 11) is 0. The van der Waals surface area contributed by atoms with Crippen molar-refractivity contribution in [1.82, 2.24) is 9.97 Å². The first-order valence-corrected chi connectivity index (χ1v) is 6.90. The number of aromatic nitrogens is 2. The second kappa shape index (κ2) is 5.14. The third-order valence-electron chi connectivity index (χ3n) is 3.31. The number of hydrogen-bond acceptors (Lipinski definition) is 4. The third kappa shape index (κ3) is 2.45. The number of nitrogens with zero attached hydrogens (tertiary/aromatic N) is 1. The molecule has 0 bridgehead atoms. The highest BCUT2D eigenvalue weighted by Crippen LogP contribution is 2.29. The predicted molar refractivity (Wildman–Crippen MR) is 86.3 cm³/mol. The molecule has 0 saturated carbocycles. The summed E-state index contributed by atoms with van der Waals surface area (Å²) < 4.78 is 0. The van der Waals surface area contributed by atoms with Gasteiger partial charge in [-0.25, -0.2) is 4.98 Å². The van der Waals surface area contributed by atoms with Gasteiger partial charge in [-0.3, -0.25) is 4.79 Å². The Morgan fingerprint density at radius 2 is 1.90 bits per heavy atom. The SMILES string of the molecule is NC(=O)c1cccc2[nH]c(C(S)c3ccc(N)cc3)nc12. The molecule has 0 aliphatic rings. The molecule has 0 saturated heterocycles. The average molecular weight is 298 g/mol. The smallest absolute Gasteiger partial charge is 0.250 e. The number of aromatic amines is 1. The Hall–Kier alpha value is -2.47. The molecule has 1 unspecified atom stereocenters. The van der Waals surface area contributed by atoms with Crippen molar-refractivity contribution in [3.05, 3.63) is 59.4 Å². The highest BCUT2D eigenvalue weighted by Gasteiger charge is 2.16. The van der Waals surface area contributed by atoms with Crippen LogP contribution in [0.3, 0.4) is 0 Å². The number of hydrogen-bond donors (Lipinski definition) is 4.